The van der Waals surface area contributed by atoms with Crippen LogP contribution in [-0.4, -0.2) is 31.8 Å². The standard InChI is InChI=1S/C21H18BrNO4/c22-21-16-6-2-1-5-14(16)9-10-19(21)26-13-20(24)23-11-15-12-25-17-7-3-4-8-18(17)27-15/h1-10,15H,11-13H2,(H,23,24). The summed E-state index contributed by atoms with van der Waals surface area (Å²) in [7, 11) is 0. The van der Waals surface area contributed by atoms with E-state index in [1.807, 2.05) is 60.7 Å². The van der Waals surface area contributed by atoms with E-state index in [0.29, 0.717) is 24.7 Å². The summed E-state index contributed by atoms with van der Waals surface area (Å²) >= 11 is 3.56. The number of fused-ring (bicyclic) bond motifs is 2. The van der Waals surface area contributed by atoms with E-state index in [1.54, 1.807) is 0 Å². The number of ether oxygens (including phenoxy) is 3. The van der Waals surface area contributed by atoms with Crippen molar-refractivity contribution in [2.24, 2.45) is 0 Å². The number of hydrogen-bond acceptors (Lipinski definition) is 4. The Morgan fingerprint density at radius 1 is 1.07 bits per heavy atom. The number of para-hydroxylation sites is 2. The van der Waals surface area contributed by atoms with Crippen molar-refractivity contribution in [3.05, 3.63) is 65.1 Å². The van der Waals surface area contributed by atoms with Crippen LogP contribution in [0.2, 0.25) is 0 Å². The van der Waals surface area contributed by atoms with Crippen LogP contribution >= 0.6 is 15.9 Å². The predicted molar refractivity (Wildman–Crippen MR) is 107 cm³/mol. The molecule has 4 rings (SSSR count). The van der Waals surface area contributed by atoms with Crippen molar-refractivity contribution < 1.29 is 19.0 Å². The summed E-state index contributed by atoms with van der Waals surface area (Å²) in [5, 5.41) is 4.98. The number of amides is 1. The first kappa shape index (κ1) is 17.7. The minimum absolute atomic E-state index is 0.0683. The molecule has 0 fully saturated rings. The molecule has 1 atom stereocenters. The number of carbonyl (C=O) groups is 1. The number of rotatable bonds is 5. The van der Waals surface area contributed by atoms with Gasteiger partial charge in [0.1, 0.15) is 18.5 Å². The highest BCUT2D eigenvalue weighted by atomic mass is 79.9. The molecule has 27 heavy (non-hydrogen) atoms. The summed E-state index contributed by atoms with van der Waals surface area (Å²) < 4.78 is 18.0. The van der Waals surface area contributed by atoms with Gasteiger partial charge in [0.2, 0.25) is 0 Å². The Morgan fingerprint density at radius 3 is 2.74 bits per heavy atom. The third-order valence-electron chi connectivity index (χ3n) is 4.28. The van der Waals surface area contributed by atoms with Crippen molar-refractivity contribution in [1.82, 2.24) is 5.32 Å². The molecule has 138 valence electrons. The molecular formula is C21H18BrNO4. The lowest BCUT2D eigenvalue weighted by Crippen LogP contribution is -2.42. The van der Waals surface area contributed by atoms with Gasteiger partial charge in [-0.1, -0.05) is 42.5 Å². The number of benzene rings is 3. The zero-order valence-corrected chi connectivity index (χ0v) is 16.1. The molecule has 0 radical (unpaired) electrons. The first-order chi connectivity index (χ1) is 13.2. The summed E-state index contributed by atoms with van der Waals surface area (Å²) in [5.74, 6) is 1.84. The third-order valence-corrected chi connectivity index (χ3v) is 5.10. The molecular weight excluding hydrogens is 410 g/mol. The van der Waals surface area contributed by atoms with Gasteiger partial charge in [-0.2, -0.15) is 0 Å². The second-order valence-electron chi connectivity index (χ2n) is 6.19. The Bertz CT molecular complexity index is 975. The molecule has 1 amide bonds. The van der Waals surface area contributed by atoms with Crippen LogP contribution in [0.3, 0.4) is 0 Å². The van der Waals surface area contributed by atoms with Gasteiger partial charge < -0.3 is 19.5 Å². The van der Waals surface area contributed by atoms with Gasteiger partial charge in [-0.25, -0.2) is 0 Å². The molecule has 6 heteroatoms. The molecule has 3 aromatic carbocycles. The maximum atomic E-state index is 12.1. The Balaban J connectivity index is 1.30. The number of hydrogen-bond donors (Lipinski definition) is 1. The highest BCUT2D eigenvalue weighted by molar-refractivity contribution is 9.10. The SMILES string of the molecule is O=C(COc1ccc2ccccc2c1Br)NCC1COc2ccccc2O1. The first-order valence-corrected chi connectivity index (χ1v) is 9.45. The lowest BCUT2D eigenvalue weighted by atomic mass is 10.1. The molecule has 1 aliphatic heterocycles. The summed E-state index contributed by atoms with van der Waals surface area (Å²) in [4.78, 5) is 12.1. The maximum Gasteiger partial charge on any atom is 0.258 e. The van der Waals surface area contributed by atoms with Crippen LogP contribution in [0.25, 0.3) is 10.8 Å². The quantitative estimate of drug-likeness (QED) is 0.669. The summed E-state index contributed by atoms with van der Waals surface area (Å²) in [6.45, 7) is 0.685. The number of carbonyl (C=O) groups excluding carboxylic acids is 1. The average Bonchev–Trinajstić information content (AvgIpc) is 2.72. The van der Waals surface area contributed by atoms with Crippen molar-refractivity contribution in [3.8, 4) is 17.2 Å². The van der Waals surface area contributed by atoms with Crippen LogP contribution in [0.15, 0.2) is 65.1 Å². The van der Waals surface area contributed by atoms with E-state index in [-0.39, 0.29) is 18.6 Å². The van der Waals surface area contributed by atoms with E-state index in [4.69, 9.17) is 14.2 Å². The Labute approximate surface area is 165 Å². The van der Waals surface area contributed by atoms with Crippen molar-refractivity contribution in [3.63, 3.8) is 0 Å². The summed E-state index contributed by atoms with van der Waals surface area (Å²) in [6.07, 6.45) is -0.226. The molecule has 1 aliphatic rings. The third kappa shape index (κ3) is 4.01. The normalized spacial score (nSPS) is 15.4. The molecule has 0 aromatic heterocycles. The zero-order chi connectivity index (χ0) is 18.6. The van der Waals surface area contributed by atoms with E-state index < -0.39 is 0 Å². The van der Waals surface area contributed by atoms with Crippen LogP contribution in [-0.2, 0) is 4.79 Å². The van der Waals surface area contributed by atoms with Gasteiger partial charge in [-0.05, 0) is 44.9 Å². The van der Waals surface area contributed by atoms with Gasteiger partial charge in [-0.3, -0.25) is 4.79 Å². The summed E-state index contributed by atoms with van der Waals surface area (Å²) in [6, 6.07) is 19.3. The molecule has 0 saturated heterocycles. The smallest absolute Gasteiger partial charge is 0.258 e. The zero-order valence-electron chi connectivity index (χ0n) is 14.5. The van der Waals surface area contributed by atoms with Gasteiger partial charge in [0.25, 0.3) is 5.91 Å². The molecule has 0 spiro atoms. The Hall–Kier alpha value is -2.73. The van der Waals surface area contributed by atoms with Gasteiger partial charge in [0.15, 0.2) is 18.1 Å². The number of nitrogens with one attached hydrogen (secondary N) is 1. The molecule has 1 unspecified atom stereocenters. The van der Waals surface area contributed by atoms with Gasteiger partial charge in [0.05, 0.1) is 11.0 Å². The van der Waals surface area contributed by atoms with Crippen LogP contribution in [0.1, 0.15) is 0 Å². The van der Waals surface area contributed by atoms with Crippen LogP contribution in [0.4, 0.5) is 0 Å². The Kier molecular flexibility index (Phi) is 5.16. The van der Waals surface area contributed by atoms with Gasteiger partial charge >= 0.3 is 0 Å². The average molecular weight is 428 g/mol. The number of halogens is 1. The predicted octanol–water partition coefficient (Wildman–Crippen LogP) is 3.94. The van der Waals surface area contributed by atoms with Crippen molar-refractivity contribution >= 4 is 32.6 Å². The Morgan fingerprint density at radius 2 is 1.85 bits per heavy atom. The van der Waals surface area contributed by atoms with E-state index in [9.17, 15) is 4.79 Å². The minimum Gasteiger partial charge on any atom is -0.486 e. The van der Waals surface area contributed by atoms with Crippen molar-refractivity contribution in [2.45, 2.75) is 6.10 Å². The van der Waals surface area contributed by atoms with Gasteiger partial charge in [-0.15, -0.1) is 0 Å². The second-order valence-corrected chi connectivity index (χ2v) is 6.98. The molecule has 0 bridgehead atoms. The fraction of sp³-hybridized carbons (Fsp3) is 0.190. The van der Waals surface area contributed by atoms with Crippen molar-refractivity contribution in [2.75, 3.05) is 19.8 Å². The molecule has 0 aliphatic carbocycles. The second kappa shape index (κ2) is 7.88. The largest absolute Gasteiger partial charge is 0.486 e. The highest BCUT2D eigenvalue weighted by Gasteiger charge is 2.21. The minimum atomic E-state index is -0.226. The topological polar surface area (TPSA) is 56.8 Å². The van der Waals surface area contributed by atoms with E-state index in [2.05, 4.69) is 21.2 Å². The molecule has 5 nitrogen and oxygen atoms in total. The highest BCUT2D eigenvalue weighted by Crippen LogP contribution is 2.33. The molecule has 3 aromatic rings. The molecule has 1 N–H and O–H groups in total. The first-order valence-electron chi connectivity index (χ1n) is 8.66. The van der Waals surface area contributed by atoms with Crippen LogP contribution in [0, 0.1) is 0 Å². The summed E-state index contributed by atoms with van der Waals surface area (Å²) in [5.41, 5.74) is 0. The van der Waals surface area contributed by atoms with Crippen molar-refractivity contribution in [1.29, 1.82) is 0 Å². The lowest BCUT2D eigenvalue weighted by Gasteiger charge is -2.26. The van der Waals surface area contributed by atoms with Crippen LogP contribution < -0.4 is 19.5 Å². The monoisotopic (exact) mass is 427 g/mol. The van der Waals surface area contributed by atoms with Gasteiger partial charge in [0, 0.05) is 0 Å². The molecule has 1 heterocycles. The van der Waals surface area contributed by atoms with E-state index in [0.717, 1.165) is 21.0 Å². The van der Waals surface area contributed by atoms with E-state index in [1.165, 1.54) is 0 Å². The fourth-order valence-electron chi connectivity index (χ4n) is 2.91. The fourth-order valence-corrected chi connectivity index (χ4v) is 3.52. The lowest BCUT2D eigenvalue weighted by molar-refractivity contribution is -0.123. The molecule has 0 saturated carbocycles. The van der Waals surface area contributed by atoms with E-state index >= 15 is 0 Å². The maximum absolute atomic E-state index is 12.1. The van der Waals surface area contributed by atoms with Crippen LogP contribution in [0.5, 0.6) is 17.2 Å².